The Hall–Kier alpha value is -2.04. The van der Waals surface area contributed by atoms with E-state index < -0.39 is 12.1 Å². The Morgan fingerprint density at radius 3 is 2.59 bits per heavy atom. The molecule has 1 unspecified atom stereocenters. The van der Waals surface area contributed by atoms with Crippen molar-refractivity contribution in [2.24, 2.45) is 0 Å². The zero-order chi connectivity index (χ0) is 12.3. The number of ether oxygens (including phenoxy) is 1. The molecule has 0 saturated carbocycles. The SMILES string of the molecule is O=C(COc1ccccc1)C1CCN1C(=O)O. The Labute approximate surface area is 98.6 Å². The lowest BCUT2D eigenvalue weighted by Gasteiger charge is -2.37. The highest BCUT2D eigenvalue weighted by molar-refractivity contribution is 5.89. The molecule has 1 heterocycles. The van der Waals surface area contributed by atoms with Crippen LogP contribution in [0.5, 0.6) is 5.75 Å². The fourth-order valence-corrected chi connectivity index (χ4v) is 1.72. The van der Waals surface area contributed by atoms with Gasteiger partial charge in [-0.3, -0.25) is 9.69 Å². The van der Waals surface area contributed by atoms with Gasteiger partial charge in [-0.15, -0.1) is 0 Å². The zero-order valence-corrected chi connectivity index (χ0v) is 9.20. The highest BCUT2D eigenvalue weighted by Crippen LogP contribution is 2.18. The molecule has 5 nitrogen and oxygen atoms in total. The molecule has 90 valence electrons. The minimum Gasteiger partial charge on any atom is -0.486 e. The Bertz CT molecular complexity index is 418. The molecule has 1 aliphatic heterocycles. The van der Waals surface area contributed by atoms with Crippen LogP contribution in [-0.4, -0.2) is 41.1 Å². The van der Waals surface area contributed by atoms with Crippen molar-refractivity contribution in [1.29, 1.82) is 0 Å². The molecule has 1 amide bonds. The molecule has 1 aromatic rings. The van der Waals surface area contributed by atoms with Crippen LogP contribution in [0.15, 0.2) is 30.3 Å². The van der Waals surface area contributed by atoms with Crippen molar-refractivity contribution in [3.8, 4) is 5.75 Å². The quantitative estimate of drug-likeness (QED) is 0.856. The van der Waals surface area contributed by atoms with Crippen molar-refractivity contribution >= 4 is 11.9 Å². The van der Waals surface area contributed by atoms with Gasteiger partial charge in [-0.1, -0.05) is 18.2 Å². The monoisotopic (exact) mass is 235 g/mol. The van der Waals surface area contributed by atoms with Gasteiger partial charge in [-0.25, -0.2) is 4.79 Å². The van der Waals surface area contributed by atoms with Crippen LogP contribution in [0.3, 0.4) is 0 Å². The average molecular weight is 235 g/mol. The Morgan fingerprint density at radius 2 is 2.06 bits per heavy atom. The van der Waals surface area contributed by atoms with Gasteiger partial charge in [-0.2, -0.15) is 0 Å². The molecule has 2 rings (SSSR count). The third kappa shape index (κ3) is 2.55. The number of amides is 1. The average Bonchev–Trinajstić information content (AvgIpc) is 2.25. The van der Waals surface area contributed by atoms with Crippen LogP contribution in [0.1, 0.15) is 6.42 Å². The van der Waals surface area contributed by atoms with Crippen molar-refractivity contribution in [2.45, 2.75) is 12.5 Å². The van der Waals surface area contributed by atoms with E-state index in [2.05, 4.69) is 0 Å². The lowest BCUT2D eigenvalue weighted by Crippen LogP contribution is -2.55. The summed E-state index contributed by atoms with van der Waals surface area (Å²) in [5.41, 5.74) is 0. The molecule has 0 radical (unpaired) electrons. The van der Waals surface area contributed by atoms with Crippen LogP contribution < -0.4 is 4.74 Å². The second-order valence-electron chi connectivity index (χ2n) is 3.85. The lowest BCUT2D eigenvalue weighted by atomic mass is 10.00. The van der Waals surface area contributed by atoms with Gasteiger partial charge in [0.15, 0.2) is 5.78 Å². The molecule has 1 fully saturated rings. The fraction of sp³-hybridized carbons (Fsp3) is 0.333. The Morgan fingerprint density at radius 1 is 1.35 bits per heavy atom. The summed E-state index contributed by atoms with van der Waals surface area (Å²) in [4.78, 5) is 23.5. The summed E-state index contributed by atoms with van der Waals surface area (Å²) in [5.74, 6) is 0.421. The van der Waals surface area contributed by atoms with Crippen LogP contribution in [0.4, 0.5) is 4.79 Å². The first-order chi connectivity index (χ1) is 8.18. The summed E-state index contributed by atoms with van der Waals surface area (Å²) in [6, 6.07) is 8.45. The number of nitrogens with zero attached hydrogens (tertiary/aromatic N) is 1. The number of hydrogen-bond acceptors (Lipinski definition) is 3. The van der Waals surface area contributed by atoms with Crippen molar-refractivity contribution < 1.29 is 19.4 Å². The number of carboxylic acid groups (broad SMARTS) is 1. The second-order valence-corrected chi connectivity index (χ2v) is 3.85. The third-order valence-corrected chi connectivity index (χ3v) is 2.76. The highest BCUT2D eigenvalue weighted by atomic mass is 16.5. The molecule has 1 N–H and O–H groups in total. The van der Waals surface area contributed by atoms with Gasteiger partial charge >= 0.3 is 6.09 Å². The first-order valence-electron chi connectivity index (χ1n) is 5.38. The number of carbonyl (C=O) groups excluding carboxylic acids is 1. The maximum atomic E-state index is 11.7. The molecule has 1 atom stereocenters. The van der Waals surface area contributed by atoms with Gasteiger partial charge in [0, 0.05) is 6.54 Å². The van der Waals surface area contributed by atoms with Crippen LogP contribution >= 0.6 is 0 Å². The van der Waals surface area contributed by atoms with Crippen molar-refractivity contribution in [3.63, 3.8) is 0 Å². The molecule has 1 saturated heterocycles. The molecule has 0 aromatic heterocycles. The molecule has 0 aliphatic carbocycles. The number of carbonyl (C=O) groups is 2. The Kier molecular flexibility index (Phi) is 3.27. The molecule has 1 aromatic carbocycles. The van der Waals surface area contributed by atoms with E-state index in [1.165, 1.54) is 0 Å². The maximum absolute atomic E-state index is 11.7. The van der Waals surface area contributed by atoms with Gasteiger partial charge < -0.3 is 9.84 Å². The van der Waals surface area contributed by atoms with Gasteiger partial charge in [0.25, 0.3) is 0 Å². The molecule has 17 heavy (non-hydrogen) atoms. The summed E-state index contributed by atoms with van der Waals surface area (Å²) in [7, 11) is 0. The molecule has 5 heteroatoms. The van der Waals surface area contributed by atoms with Crippen LogP contribution in [0.25, 0.3) is 0 Å². The minimum absolute atomic E-state index is 0.0849. The summed E-state index contributed by atoms with van der Waals surface area (Å²) >= 11 is 0. The lowest BCUT2D eigenvalue weighted by molar-refractivity contribution is -0.129. The third-order valence-electron chi connectivity index (χ3n) is 2.76. The smallest absolute Gasteiger partial charge is 0.407 e. The van der Waals surface area contributed by atoms with Gasteiger partial charge in [-0.05, 0) is 18.6 Å². The van der Waals surface area contributed by atoms with E-state index in [1.807, 2.05) is 18.2 Å². The van der Waals surface area contributed by atoms with E-state index in [0.29, 0.717) is 18.7 Å². The summed E-state index contributed by atoms with van der Waals surface area (Å²) in [5, 5.41) is 8.77. The first kappa shape index (κ1) is 11.4. The van der Waals surface area contributed by atoms with E-state index in [4.69, 9.17) is 9.84 Å². The van der Waals surface area contributed by atoms with E-state index >= 15 is 0 Å². The van der Waals surface area contributed by atoms with Crippen LogP contribution in [0.2, 0.25) is 0 Å². The normalized spacial score (nSPS) is 18.4. The van der Waals surface area contributed by atoms with Gasteiger partial charge in [0.1, 0.15) is 12.4 Å². The summed E-state index contributed by atoms with van der Waals surface area (Å²) in [6.07, 6.45) is -0.460. The largest absolute Gasteiger partial charge is 0.486 e. The maximum Gasteiger partial charge on any atom is 0.407 e. The van der Waals surface area contributed by atoms with E-state index in [9.17, 15) is 9.59 Å². The highest BCUT2D eigenvalue weighted by Gasteiger charge is 2.37. The minimum atomic E-state index is -1.05. The first-order valence-corrected chi connectivity index (χ1v) is 5.38. The van der Waals surface area contributed by atoms with Crippen LogP contribution in [-0.2, 0) is 4.79 Å². The number of ketones is 1. The molecule has 0 spiro atoms. The van der Waals surface area contributed by atoms with Crippen LogP contribution in [0, 0.1) is 0 Å². The standard InChI is InChI=1S/C12H13NO4/c14-11(10-6-7-13(10)12(15)16)8-17-9-4-2-1-3-5-9/h1-5,10H,6-8H2,(H,15,16). The molecular weight excluding hydrogens is 222 g/mol. The summed E-state index contributed by atoms with van der Waals surface area (Å²) < 4.78 is 5.28. The van der Waals surface area contributed by atoms with Crippen molar-refractivity contribution in [1.82, 2.24) is 4.90 Å². The van der Waals surface area contributed by atoms with E-state index in [1.54, 1.807) is 12.1 Å². The molecule has 1 aliphatic rings. The van der Waals surface area contributed by atoms with Crippen molar-refractivity contribution in [3.05, 3.63) is 30.3 Å². The van der Waals surface area contributed by atoms with E-state index in [-0.39, 0.29) is 12.4 Å². The molecule has 0 bridgehead atoms. The van der Waals surface area contributed by atoms with Gasteiger partial charge in [0.2, 0.25) is 0 Å². The number of para-hydroxylation sites is 1. The second kappa shape index (κ2) is 4.86. The summed E-state index contributed by atoms with van der Waals surface area (Å²) in [6.45, 7) is 0.343. The van der Waals surface area contributed by atoms with Crippen molar-refractivity contribution in [2.75, 3.05) is 13.2 Å². The predicted molar refractivity (Wildman–Crippen MR) is 60.1 cm³/mol. The number of Topliss-reactive ketones (excluding diaryl/α,β-unsaturated/α-hetero) is 1. The van der Waals surface area contributed by atoms with Gasteiger partial charge in [0.05, 0.1) is 6.04 Å². The number of rotatable bonds is 4. The predicted octanol–water partition coefficient (Wildman–Crippen LogP) is 1.39. The topological polar surface area (TPSA) is 66.8 Å². The Balaban J connectivity index is 1.84. The number of benzene rings is 1. The van der Waals surface area contributed by atoms with E-state index in [0.717, 1.165) is 4.90 Å². The number of likely N-dealkylation sites (tertiary alicyclic amines) is 1. The zero-order valence-electron chi connectivity index (χ0n) is 9.20. The molecular formula is C12H13NO4. The fourth-order valence-electron chi connectivity index (χ4n) is 1.72. The number of hydrogen-bond donors (Lipinski definition) is 1.